The molecule has 8 heteroatoms. The Kier molecular flexibility index (Phi) is 6.58. The molecule has 0 saturated heterocycles. The number of sulfone groups is 1. The Hall–Kier alpha value is -0.490. The molecular formula is C12H19O5PS2. The van der Waals surface area contributed by atoms with Gasteiger partial charge >= 0.3 is 6.80 Å². The fourth-order valence-electron chi connectivity index (χ4n) is 1.33. The van der Waals surface area contributed by atoms with E-state index in [9.17, 15) is 13.0 Å². The topological polar surface area (TPSA) is 69.7 Å². The molecule has 1 rings (SSSR count). The average molecular weight is 338 g/mol. The van der Waals surface area contributed by atoms with Crippen LogP contribution in [0.4, 0.5) is 0 Å². The van der Waals surface area contributed by atoms with Crippen LogP contribution in [0.25, 0.3) is 0 Å². The van der Waals surface area contributed by atoms with Crippen molar-refractivity contribution in [1.29, 1.82) is 0 Å². The highest BCUT2D eigenvalue weighted by Crippen LogP contribution is 2.60. The maximum Gasteiger partial charge on any atom is 0.440 e. The van der Waals surface area contributed by atoms with Crippen molar-refractivity contribution in [3.8, 4) is 5.75 Å². The third kappa shape index (κ3) is 5.48. The van der Waals surface area contributed by atoms with Crippen molar-refractivity contribution >= 4 is 28.0 Å². The van der Waals surface area contributed by atoms with Crippen LogP contribution in [0.2, 0.25) is 0 Å². The van der Waals surface area contributed by atoms with Gasteiger partial charge in [0.25, 0.3) is 0 Å². The van der Waals surface area contributed by atoms with Crippen molar-refractivity contribution < 1.29 is 22.0 Å². The molecule has 0 spiro atoms. The molecule has 1 atom stereocenters. The summed E-state index contributed by atoms with van der Waals surface area (Å²) in [7, 11) is -3.25. The quantitative estimate of drug-likeness (QED) is 0.672. The molecule has 1 unspecified atom stereocenters. The summed E-state index contributed by atoms with van der Waals surface area (Å²) in [6.45, 7) is 0.762. The highest BCUT2D eigenvalue weighted by Gasteiger charge is 2.26. The van der Waals surface area contributed by atoms with Crippen molar-refractivity contribution in [2.45, 2.75) is 25.2 Å². The smallest absolute Gasteiger partial charge is 0.417 e. The van der Waals surface area contributed by atoms with E-state index in [4.69, 9.17) is 9.05 Å². The average Bonchev–Trinajstić information content (AvgIpc) is 2.36. The predicted molar refractivity (Wildman–Crippen MR) is 82.2 cm³/mol. The van der Waals surface area contributed by atoms with Gasteiger partial charge in [0.05, 0.1) is 11.5 Å². The van der Waals surface area contributed by atoms with Crippen LogP contribution in [0, 0.1) is 0 Å². The molecule has 20 heavy (non-hydrogen) atoms. The number of hydrogen-bond donors (Lipinski definition) is 0. The maximum absolute atomic E-state index is 12.4. The minimum Gasteiger partial charge on any atom is -0.417 e. The van der Waals surface area contributed by atoms with E-state index in [0.717, 1.165) is 24.1 Å². The van der Waals surface area contributed by atoms with Gasteiger partial charge in [-0.05, 0) is 49.0 Å². The summed E-state index contributed by atoms with van der Waals surface area (Å²) < 4.78 is 45.7. The van der Waals surface area contributed by atoms with Gasteiger partial charge in [-0.2, -0.15) is 0 Å². The monoisotopic (exact) mass is 338 g/mol. The van der Waals surface area contributed by atoms with E-state index in [1.807, 2.05) is 6.92 Å². The first-order valence-corrected chi connectivity index (χ1v) is 11.2. The number of rotatable bonds is 8. The van der Waals surface area contributed by atoms with Gasteiger partial charge in [-0.25, -0.2) is 13.0 Å². The van der Waals surface area contributed by atoms with Gasteiger partial charge in [-0.15, -0.1) is 0 Å². The van der Waals surface area contributed by atoms with Crippen LogP contribution in [0.1, 0.15) is 20.3 Å². The lowest BCUT2D eigenvalue weighted by Gasteiger charge is -2.17. The second-order valence-electron chi connectivity index (χ2n) is 4.03. The Labute approximate surface area is 124 Å². The Morgan fingerprint density at radius 1 is 1.20 bits per heavy atom. The molecule has 1 aromatic carbocycles. The van der Waals surface area contributed by atoms with Gasteiger partial charge in [0.2, 0.25) is 0 Å². The molecule has 1 aromatic rings. The molecule has 0 bridgehead atoms. The van der Waals surface area contributed by atoms with E-state index in [-0.39, 0.29) is 11.5 Å². The summed E-state index contributed by atoms with van der Waals surface area (Å²) in [5.74, 6) is 0.997. The zero-order valence-corrected chi connectivity index (χ0v) is 14.3. The maximum atomic E-state index is 12.4. The van der Waals surface area contributed by atoms with Gasteiger partial charge in [-0.1, -0.05) is 6.92 Å². The number of benzene rings is 1. The lowest BCUT2D eigenvalue weighted by Crippen LogP contribution is -1.98. The Morgan fingerprint density at radius 2 is 1.80 bits per heavy atom. The highest BCUT2D eigenvalue weighted by molar-refractivity contribution is 8.55. The SMILES string of the molecule is CCCSP(=O)(OCC)Oc1ccc(S(C)(=O)=O)cc1. The zero-order valence-electron chi connectivity index (χ0n) is 11.7. The van der Waals surface area contributed by atoms with Crippen molar-refractivity contribution in [2.75, 3.05) is 18.6 Å². The lowest BCUT2D eigenvalue weighted by molar-refractivity contribution is 0.296. The molecule has 0 heterocycles. The molecule has 0 aliphatic heterocycles. The molecular weight excluding hydrogens is 319 g/mol. The summed E-state index contributed by atoms with van der Waals surface area (Å²) in [6.07, 6.45) is 1.99. The summed E-state index contributed by atoms with van der Waals surface area (Å²) in [5.41, 5.74) is 0. The fourth-order valence-corrected chi connectivity index (χ4v) is 5.42. The zero-order chi connectivity index (χ0) is 15.2. The van der Waals surface area contributed by atoms with E-state index >= 15 is 0 Å². The fraction of sp³-hybridized carbons (Fsp3) is 0.500. The molecule has 0 saturated carbocycles. The summed E-state index contributed by atoms with van der Waals surface area (Å²) >= 11 is 1.15. The van der Waals surface area contributed by atoms with E-state index in [2.05, 4.69) is 0 Å². The molecule has 0 radical (unpaired) electrons. The van der Waals surface area contributed by atoms with Crippen LogP contribution in [0.3, 0.4) is 0 Å². The minimum absolute atomic E-state index is 0.192. The van der Waals surface area contributed by atoms with Crippen LogP contribution in [0.5, 0.6) is 5.75 Å². The van der Waals surface area contributed by atoms with Crippen LogP contribution in [-0.4, -0.2) is 27.0 Å². The predicted octanol–water partition coefficient (Wildman–Crippen LogP) is 3.76. The molecule has 0 aromatic heterocycles. The first kappa shape index (κ1) is 17.6. The van der Waals surface area contributed by atoms with Crippen molar-refractivity contribution in [3.05, 3.63) is 24.3 Å². The van der Waals surface area contributed by atoms with Crippen molar-refractivity contribution in [2.24, 2.45) is 0 Å². The van der Waals surface area contributed by atoms with Gasteiger partial charge in [0, 0.05) is 12.0 Å². The van der Waals surface area contributed by atoms with Gasteiger partial charge in [0.15, 0.2) is 9.84 Å². The van der Waals surface area contributed by atoms with Gasteiger partial charge in [0.1, 0.15) is 5.75 Å². The molecule has 0 aliphatic rings. The third-order valence-electron chi connectivity index (χ3n) is 2.21. The second kappa shape index (κ2) is 7.50. The Bertz CT molecular complexity index is 568. The highest BCUT2D eigenvalue weighted by atomic mass is 32.7. The van der Waals surface area contributed by atoms with E-state index in [0.29, 0.717) is 11.5 Å². The van der Waals surface area contributed by atoms with Crippen LogP contribution < -0.4 is 4.52 Å². The third-order valence-corrected chi connectivity index (χ3v) is 7.29. The Morgan fingerprint density at radius 3 is 2.25 bits per heavy atom. The normalized spacial score (nSPS) is 14.8. The van der Waals surface area contributed by atoms with E-state index < -0.39 is 16.6 Å². The first-order valence-electron chi connectivity index (χ1n) is 6.19. The molecule has 114 valence electrons. The standard InChI is InChI=1S/C12H19O5PS2/c1-4-10-19-18(13,16-5-2)17-11-6-8-12(9-7-11)20(3,14)15/h6-9H,4-5,10H2,1-3H3. The van der Waals surface area contributed by atoms with Crippen LogP contribution >= 0.6 is 18.2 Å². The molecule has 0 aliphatic carbocycles. The summed E-state index contributed by atoms with van der Waals surface area (Å²) in [5, 5.41) is 0. The Balaban J connectivity index is 2.86. The number of hydrogen-bond acceptors (Lipinski definition) is 6. The summed E-state index contributed by atoms with van der Waals surface area (Å²) in [4.78, 5) is 0.192. The van der Waals surface area contributed by atoms with Crippen LogP contribution in [-0.2, 0) is 18.9 Å². The second-order valence-corrected chi connectivity index (χ2v) is 10.2. The van der Waals surface area contributed by atoms with Gasteiger partial charge < -0.3 is 4.52 Å². The molecule has 5 nitrogen and oxygen atoms in total. The van der Waals surface area contributed by atoms with Gasteiger partial charge in [-0.3, -0.25) is 4.52 Å². The van der Waals surface area contributed by atoms with Crippen molar-refractivity contribution in [1.82, 2.24) is 0 Å². The summed E-state index contributed by atoms with van der Waals surface area (Å²) in [6, 6.07) is 5.81. The molecule has 0 fully saturated rings. The lowest BCUT2D eigenvalue weighted by atomic mass is 10.3. The van der Waals surface area contributed by atoms with E-state index in [1.165, 1.54) is 24.3 Å². The van der Waals surface area contributed by atoms with Crippen molar-refractivity contribution in [3.63, 3.8) is 0 Å². The first-order chi connectivity index (χ1) is 9.30. The minimum atomic E-state index is -3.25. The van der Waals surface area contributed by atoms with E-state index in [1.54, 1.807) is 6.92 Å². The molecule has 0 amide bonds. The largest absolute Gasteiger partial charge is 0.440 e. The van der Waals surface area contributed by atoms with Crippen LogP contribution in [0.15, 0.2) is 29.2 Å². The molecule has 0 N–H and O–H groups in total.